The van der Waals surface area contributed by atoms with Gasteiger partial charge in [0.1, 0.15) is 0 Å². The van der Waals surface area contributed by atoms with E-state index in [4.69, 9.17) is 4.74 Å². The Balaban J connectivity index is 2.00. The number of hydrogen-bond acceptors (Lipinski definition) is 4. The number of Topliss-reactive ketones (excluding diaryl/α,β-unsaturated/α-hetero) is 2. The molecule has 0 spiro atoms. The third-order valence-corrected chi connectivity index (χ3v) is 2.89. The number of ketones is 2. The maximum Gasteiger partial charge on any atom is 0.220 e. The molecule has 1 aromatic rings. The van der Waals surface area contributed by atoms with Crippen LogP contribution in [0.5, 0.6) is 0 Å². The number of amides is 1. The van der Waals surface area contributed by atoms with Crippen molar-refractivity contribution in [1.29, 1.82) is 0 Å². The first-order valence-electron chi connectivity index (χ1n) is 7.01. The van der Waals surface area contributed by atoms with Crippen molar-refractivity contribution >= 4 is 17.5 Å². The molecule has 21 heavy (non-hydrogen) atoms. The Hall–Kier alpha value is -2.01. The van der Waals surface area contributed by atoms with Crippen LogP contribution in [-0.2, 0) is 25.7 Å². The molecule has 0 aromatic heterocycles. The van der Waals surface area contributed by atoms with Crippen molar-refractivity contribution in [3.8, 4) is 0 Å². The second kappa shape index (κ2) is 9.83. The maximum atomic E-state index is 11.4. The van der Waals surface area contributed by atoms with Gasteiger partial charge in [0.25, 0.3) is 0 Å². The molecule has 0 bridgehead atoms. The minimum Gasteiger partial charge on any atom is -0.377 e. The van der Waals surface area contributed by atoms with E-state index >= 15 is 0 Å². The fourth-order valence-corrected chi connectivity index (χ4v) is 1.65. The van der Waals surface area contributed by atoms with Gasteiger partial charge in [-0.25, -0.2) is 0 Å². The summed E-state index contributed by atoms with van der Waals surface area (Å²) in [5, 5.41) is 2.43. The smallest absolute Gasteiger partial charge is 0.220 e. The van der Waals surface area contributed by atoms with Gasteiger partial charge in [-0.1, -0.05) is 30.3 Å². The first-order valence-corrected chi connectivity index (χ1v) is 7.01. The van der Waals surface area contributed by atoms with Crippen LogP contribution in [-0.4, -0.2) is 30.6 Å². The fraction of sp³-hybridized carbons (Fsp3) is 0.438. The van der Waals surface area contributed by atoms with Gasteiger partial charge in [0, 0.05) is 20.0 Å². The van der Waals surface area contributed by atoms with E-state index in [1.165, 1.54) is 6.92 Å². The van der Waals surface area contributed by atoms with E-state index in [1.807, 2.05) is 30.3 Å². The predicted octanol–water partition coefficient (Wildman–Crippen LogP) is 1.65. The summed E-state index contributed by atoms with van der Waals surface area (Å²) in [5.41, 5.74) is 1.12. The summed E-state index contributed by atoms with van der Waals surface area (Å²) in [4.78, 5) is 33.1. The summed E-state index contributed by atoms with van der Waals surface area (Å²) in [5.74, 6) is -1.33. The maximum absolute atomic E-state index is 11.4. The average Bonchev–Trinajstić information content (AvgIpc) is 2.49. The molecule has 0 aliphatic rings. The zero-order chi connectivity index (χ0) is 15.5. The summed E-state index contributed by atoms with van der Waals surface area (Å²) >= 11 is 0. The van der Waals surface area contributed by atoms with Crippen molar-refractivity contribution in [3.63, 3.8) is 0 Å². The standard InChI is InChI=1S/C16H21NO4/c1-13(18)15(19)11-17-16(20)9-5-6-10-21-12-14-7-3-2-4-8-14/h2-4,7-8H,5-6,9-12H2,1H3,(H,17,20). The highest BCUT2D eigenvalue weighted by molar-refractivity contribution is 6.37. The van der Waals surface area contributed by atoms with Crippen LogP contribution in [0.4, 0.5) is 0 Å². The summed E-state index contributed by atoms with van der Waals surface area (Å²) in [6.45, 7) is 2.14. The van der Waals surface area contributed by atoms with Crippen molar-refractivity contribution in [2.75, 3.05) is 13.2 Å². The lowest BCUT2D eigenvalue weighted by atomic mass is 10.2. The molecule has 0 radical (unpaired) electrons. The number of nitrogens with one attached hydrogen (secondary N) is 1. The third kappa shape index (κ3) is 7.99. The number of carbonyl (C=O) groups excluding carboxylic acids is 3. The van der Waals surface area contributed by atoms with Gasteiger partial charge < -0.3 is 10.1 Å². The summed E-state index contributed by atoms with van der Waals surface area (Å²) < 4.78 is 5.50. The predicted molar refractivity (Wildman–Crippen MR) is 78.6 cm³/mol. The van der Waals surface area contributed by atoms with E-state index in [-0.39, 0.29) is 12.5 Å². The largest absolute Gasteiger partial charge is 0.377 e. The molecule has 5 nitrogen and oxygen atoms in total. The molecule has 1 amide bonds. The van der Waals surface area contributed by atoms with Gasteiger partial charge in [0.2, 0.25) is 11.7 Å². The van der Waals surface area contributed by atoms with Gasteiger partial charge in [-0.15, -0.1) is 0 Å². The highest BCUT2D eigenvalue weighted by Crippen LogP contribution is 2.02. The molecule has 0 atom stereocenters. The summed E-state index contributed by atoms with van der Waals surface area (Å²) in [6.07, 6.45) is 1.80. The Morgan fingerprint density at radius 1 is 1.10 bits per heavy atom. The second-order valence-electron chi connectivity index (χ2n) is 4.75. The van der Waals surface area contributed by atoms with Crippen LogP contribution in [0.1, 0.15) is 31.7 Å². The van der Waals surface area contributed by atoms with Gasteiger partial charge in [-0.3, -0.25) is 14.4 Å². The molecule has 0 saturated heterocycles. The molecule has 0 aliphatic carbocycles. The van der Waals surface area contributed by atoms with E-state index in [2.05, 4.69) is 5.32 Å². The topological polar surface area (TPSA) is 72.5 Å². The second-order valence-corrected chi connectivity index (χ2v) is 4.75. The van der Waals surface area contributed by atoms with Crippen LogP contribution in [0.15, 0.2) is 30.3 Å². The lowest BCUT2D eigenvalue weighted by molar-refractivity contribution is -0.135. The zero-order valence-electron chi connectivity index (χ0n) is 12.3. The van der Waals surface area contributed by atoms with Crippen molar-refractivity contribution in [2.45, 2.75) is 32.8 Å². The van der Waals surface area contributed by atoms with Crippen LogP contribution < -0.4 is 5.32 Å². The van der Waals surface area contributed by atoms with Crippen LogP contribution in [0.3, 0.4) is 0 Å². The SMILES string of the molecule is CC(=O)C(=O)CNC(=O)CCCCOCc1ccccc1. The molecule has 5 heteroatoms. The molecule has 0 unspecified atom stereocenters. The molecule has 114 valence electrons. The van der Waals surface area contributed by atoms with Gasteiger partial charge in [0.05, 0.1) is 13.2 Å². The number of hydrogen-bond donors (Lipinski definition) is 1. The molecular weight excluding hydrogens is 270 g/mol. The number of rotatable bonds is 10. The average molecular weight is 291 g/mol. The molecule has 1 N–H and O–H groups in total. The van der Waals surface area contributed by atoms with Crippen molar-refractivity contribution in [3.05, 3.63) is 35.9 Å². The number of unbranched alkanes of at least 4 members (excludes halogenated alkanes) is 1. The van der Waals surface area contributed by atoms with E-state index in [9.17, 15) is 14.4 Å². The minimum atomic E-state index is -0.574. The zero-order valence-corrected chi connectivity index (χ0v) is 12.3. The fourth-order valence-electron chi connectivity index (χ4n) is 1.65. The summed E-state index contributed by atoms with van der Waals surface area (Å²) in [7, 11) is 0. The molecular formula is C16H21NO4. The Morgan fingerprint density at radius 2 is 1.81 bits per heavy atom. The summed E-state index contributed by atoms with van der Waals surface area (Å²) in [6, 6.07) is 9.88. The molecule has 1 aromatic carbocycles. The van der Waals surface area contributed by atoms with Gasteiger partial charge in [-0.05, 0) is 18.4 Å². The van der Waals surface area contributed by atoms with Gasteiger partial charge in [-0.2, -0.15) is 0 Å². The first kappa shape index (κ1) is 17.0. The molecule has 0 fully saturated rings. The molecule has 1 rings (SSSR count). The first-order chi connectivity index (χ1) is 10.1. The Morgan fingerprint density at radius 3 is 2.48 bits per heavy atom. The lowest BCUT2D eigenvalue weighted by Gasteiger charge is -2.05. The Kier molecular flexibility index (Phi) is 7.97. The number of carbonyl (C=O) groups is 3. The number of benzene rings is 1. The van der Waals surface area contributed by atoms with Gasteiger partial charge >= 0.3 is 0 Å². The van der Waals surface area contributed by atoms with E-state index in [0.29, 0.717) is 26.1 Å². The van der Waals surface area contributed by atoms with Crippen LogP contribution >= 0.6 is 0 Å². The van der Waals surface area contributed by atoms with Crippen LogP contribution in [0.2, 0.25) is 0 Å². The quantitative estimate of drug-likeness (QED) is 0.525. The van der Waals surface area contributed by atoms with Crippen molar-refractivity contribution in [2.24, 2.45) is 0 Å². The Bertz CT molecular complexity index is 470. The molecule has 0 saturated carbocycles. The van der Waals surface area contributed by atoms with Crippen LogP contribution in [0.25, 0.3) is 0 Å². The third-order valence-electron chi connectivity index (χ3n) is 2.89. The van der Waals surface area contributed by atoms with E-state index < -0.39 is 11.6 Å². The minimum absolute atomic E-state index is 0.210. The van der Waals surface area contributed by atoms with Crippen molar-refractivity contribution < 1.29 is 19.1 Å². The van der Waals surface area contributed by atoms with E-state index in [1.54, 1.807) is 0 Å². The van der Waals surface area contributed by atoms with Crippen LogP contribution in [0, 0.1) is 0 Å². The van der Waals surface area contributed by atoms with Gasteiger partial charge in [0.15, 0.2) is 5.78 Å². The van der Waals surface area contributed by atoms with E-state index in [0.717, 1.165) is 12.0 Å². The normalized spacial score (nSPS) is 10.1. The highest BCUT2D eigenvalue weighted by atomic mass is 16.5. The molecule has 0 heterocycles. The Labute approximate surface area is 124 Å². The monoisotopic (exact) mass is 291 g/mol. The highest BCUT2D eigenvalue weighted by Gasteiger charge is 2.09. The lowest BCUT2D eigenvalue weighted by Crippen LogP contribution is -2.32. The molecule has 0 aliphatic heterocycles. The number of ether oxygens (including phenoxy) is 1. The van der Waals surface area contributed by atoms with Crippen molar-refractivity contribution in [1.82, 2.24) is 5.32 Å².